The fourth-order valence-electron chi connectivity index (χ4n) is 2.40. The predicted molar refractivity (Wildman–Crippen MR) is 70.7 cm³/mol. The van der Waals surface area contributed by atoms with Gasteiger partial charge in [0.05, 0.1) is 6.04 Å². The highest BCUT2D eigenvalue weighted by atomic mass is 16.2. The first kappa shape index (κ1) is 14.5. The van der Waals surface area contributed by atoms with E-state index in [4.69, 9.17) is 5.73 Å². The van der Waals surface area contributed by atoms with E-state index in [9.17, 15) is 4.79 Å². The fraction of sp³-hybridized carbons (Fsp3) is 0.923. The number of hydrogen-bond donors (Lipinski definition) is 2. The van der Waals surface area contributed by atoms with Crippen molar-refractivity contribution in [3.8, 4) is 0 Å². The van der Waals surface area contributed by atoms with Gasteiger partial charge in [0, 0.05) is 19.6 Å². The molecule has 2 atom stereocenters. The summed E-state index contributed by atoms with van der Waals surface area (Å²) in [6.07, 6.45) is 4.35. The maximum Gasteiger partial charge on any atom is 0.236 e. The molecule has 0 aromatic carbocycles. The molecule has 1 saturated heterocycles. The fourth-order valence-corrected chi connectivity index (χ4v) is 2.40. The lowest BCUT2D eigenvalue weighted by Gasteiger charge is -2.30. The number of carbonyl (C=O) groups excluding carboxylic acids is 1. The molecule has 1 aliphatic heterocycles. The summed E-state index contributed by atoms with van der Waals surface area (Å²) in [5, 5.41) is 2.92. The number of carbonyl (C=O) groups is 1. The van der Waals surface area contributed by atoms with Gasteiger partial charge in [-0.3, -0.25) is 4.79 Å². The number of hydrogen-bond acceptors (Lipinski definition) is 3. The van der Waals surface area contributed by atoms with Gasteiger partial charge in [-0.15, -0.1) is 0 Å². The Bertz CT molecular complexity index is 233. The van der Waals surface area contributed by atoms with Crippen LogP contribution in [-0.4, -0.2) is 43.0 Å². The molecular weight excluding hydrogens is 214 g/mol. The van der Waals surface area contributed by atoms with Gasteiger partial charge in [0.2, 0.25) is 5.91 Å². The summed E-state index contributed by atoms with van der Waals surface area (Å²) in [5.74, 6) is 0.790. The maximum absolute atomic E-state index is 11.6. The zero-order valence-electron chi connectivity index (χ0n) is 11.2. The van der Waals surface area contributed by atoms with Crippen LogP contribution in [0.25, 0.3) is 0 Å². The minimum Gasteiger partial charge on any atom is -0.353 e. The largest absolute Gasteiger partial charge is 0.353 e. The minimum absolute atomic E-state index is 0.00286. The summed E-state index contributed by atoms with van der Waals surface area (Å²) in [4.78, 5) is 14.0. The Morgan fingerprint density at radius 3 is 3.00 bits per heavy atom. The molecule has 1 rings (SSSR count). The molecule has 1 heterocycles. The van der Waals surface area contributed by atoms with Crippen LogP contribution in [0.5, 0.6) is 0 Å². The molecular formula is C13H27N3O. The molecule has 2 unspecified atom stereocenters. The van der Waals surface area contributed by atoms with Crippen molar-refractivity contribution in [2.24, 2.45) is 11.7 Å². The van der Waals surface area contributed by atoms with Crippen molar-refractivity contribution >= 4 is 5.91 Å². The second-order valence-corrected chi connectivity index (χ2v) is 5.23. The summed E-state index contributed by atoms with van der Waals surface area (Å²) in [6, 6.07) is -0.333. The van der Waals surface area contributed by atoms with Gasteiger partial charge >= 0.3 is 0 Å². The molecule has 0 aliphatic carbocycles. The zero-order chi connectivity index (χ0) is 12.7. The van der Waals surface area contributed by atoms with E-state index in [0.29, 0.717) is 0 Å². The first-order chi connectivity index (χ1) is 8.13. The van der Waals surface area contributed by atoms with Crippen LogP contribution in [0.3, 0.4) is 0 Å². The van der Waals surface area contributed by atoms with Crippen molar-refractivity contribution in [3.63, 3.8) is 0 Å². The number of nitrogens with one attached hydrogen (secondary N) is 1. The molecule has 1 aliphatic rings. The number of nitrogens with two attached hydrogens (primary N) is 1. The van der Waals surface area contributed by atoms with Crippen molar-refractivity contribution in [2.45, 2.75) is 45.6 Å². The number of nitrogens with zero attached hydrogens (tertiary/aromatic N) is 1. The minimum atomic E-state index is -0.333. The van der Waals surface area contributed by atoms with Crippen LogP contribution < -0.4 is 11.1 Å². The zero-order valence-corrected chi connectivity index (χ0v) is 11.2. The van der Waals surface area contributed by atoms with E-state index in [0.717, 1.165) is 38.4 Å². The number of piperidine rings is 1. The highest BCUT2D eigenvalue weighted by Crippen LogP contribution is 2.14. The van der Waals surface area contributed by atoms with Crippen LogP contribution in [0.1, 0.15) is 39.5 Å². The van der Waals surface area contributed by atoms with Gasteiger partial charge in [-0.05, 0) is 31.7 Å². The van der Waals surface area contributed by atoms with E-state index in [1.807, 2.05) is 6.92 Å². The summed E-state index contributed by atoms with van der Waals surface area (Å²) in [6.45, 7) is 8.35. The molecule has 1 amide bonds. The highest BCUT2D eigenvalue weighted by Gasteiger charge is 2.16. The molecule has 0 aromatic rings. The lowest BCUT2D eigenvalue weighted by molar-refractivity contribution is -0.122. The van der Waals surface area contributed by atoms with E-state index in [1.54, 1.807) is 0 Å². The molecule has 4 nitrogen and oxygen atoms in total. The molecule has 1 fully saturated rings. The Kier molecular flexibility index (Phi) is 6.52. The normalized spacial score (nSPS) is 23.4. The van der Waals surface area contributed by atoms with Crippen LogP contribution in [0.4, 0.5) is 0 Å². The number of rotatable bonds is 6. The quantitative estimate of drug-likeness (QED) is 0.728. The molecule has 0 bridgehead atoms. The predicted octanol–water partition coefficient (Wildman–Crippen LogP) is 0.962. The van der Waals surface area contributed by atoms with Gasteiger partial charge in [-0.2, -0.15) is 0 Å². The summed E-state index contributed by atoms with van der Waals surface area (Å²) in [7, 11) is 0. The van der Waals surface area contributed by atoms with Gasteiger partial charge < -0.3 is 16.0 Å². The Morgan fingerprint density at radius 2 is 2.35 bits per heavy atom. The van der Waals surface area contributed by atoms with Crippen molar-refractivity contribution in [2.75, 3.05) is 26.2 Å². The highest BCUT2D eigenvalue weighted by molar-refractivity contribution is 5.81. The molecule has 0 radical (unpaired) electrons. The van der Waals surface area contributed by atoms with Gasteiger partial charge in [0.25, 0.3) is 0 Å². The van der Waals surface area contributed by atoms with Crippen molar-refractivity contribution in [1.82, 2.24) is 10.2 Å². The lowest BCUT2D eigenvalue weighted by Crippen LogP contribution is -2.45. The lowest BCUT2D eigenvalue weighted by atomic mass is 10.0. The molecule has 3 N–H and O–H groups in total. The third-order valence-corrected chi connectivity index (χ3v) is 3.40. The van der Waals surface area contributed by atoms with Gasteiger partial charge in [-0.1, -0.05) is 20.3 Å². The third-order valence-electron chi connectivity index (χ3n) is 3.40. The Labute approximate surface area is 105 Å². The number of likely N-dealkylation sites (tertiary alicyclic amines) is 1. The van der Waals surface area contributed by atoms with Gasteiger partial charge in [0.1, 0.15) is 0 Å². The summed E-state index contributed by atoms with van der Waals surface area (Å²) in [5.41, 5.74) is 5.74. The van der Waals surface area contributed by atoms with Crippen molar-refractivity contribution in [3.05, 3.63) is 0 Å². The molecule has 0 saturated carbocycles. The first-order valence-electron chi connectivity index (χ1n) is 6.89. The third kappa shape index (κ3) is 5.50. The van der Waals surface area contributed by atoms with E-state index < -0.39 is 0 Å². The van der Waals surface area contributed by atoms with Crippen LogP contribution in [0.2, 0.25) is 0 Å². The Balaban J connectivity index is 2.12. The van der Waals surface area contributed by atoms with Gasteiger partial charge in [0.15, 0.2) is 0 Å². The van der Waals surface area contributed by atoms with Crippen molar-refractivity contribution in [1.29, 1.82) is 0 Å². The van der Waals surface area contributed by atoms with Crippen LogP contribution in [-0.2, 0) is 4.79 Å². The van der Waals surface area contributed by atoms with Crippen molar-refractivity contribution < 1.29 is 4.79 Å². The second-order valence-electron chi connectivity index (χ2n) is 5.23. The first-order valence-corrected chi connectivity index (χ1v) is 6.89. The summed E-state index contributed by atoms with van der Waals surface area (Å²) < 4.78 is 0. The smallest absolute Gasteiger partial charge is 0.236 e. The maximum atomic E-state index is 11.6. The molecule has 4 heteroatoms. The van der Waals surface area contributed by atoms with E-state index >= 15 is 0 Å². The van der Waals surface area contributed by atoms with Crippen LogP contribution >= 0.6 is 0 Å². The van der Waals surface area contributed by atoms with Gasteiger partial charge in [-0.25, -0.2) is 0 Å². The SMILES string of the molecule is CCCC(N)C(=O)NCCN1CCCC(C)C1. The van der Waals surface area contributed by atoms with E-state index in [2.05, 4.69) is 17.1 Å². The summed E-state index contributed by atoms with van der Waals surface area (Å²) >= 11 is 0. The molecule has 0 aromatic heterocycles. The Morgan fingerprint density at radius 1 is 1.59 bits per heavy atom. The van der Waals surface area contributed by atoms with E-state index in [-0.39, 0.29) is 11.9 Å². The Hall–Kier alpha value is -0.610. The number of amides is 1. The second kappa shape index (κ2) is 7.67. The average molecular weight is 241 g/mol. The van der Waals surface area contributed by atoms with Crippen LogP contribution in [0.15, 0.2) is 0 Å². The monoisotopic (exact) mass is 241 g/mol. The topological polar surface area (TPSA) is 58.4 Å². The molecule has 17 heavy (non-hydrogen) atoms. The van der Waals surface area contributed by atoms with Crippen LogP contribution in [0, 0.1) is 5.92 Å². The van der Waals surface area contributed by atoms with E-state index in [1.165, 1.54) is 19.4 Å². The molecule has 0 spiro atoms. The molecule has 100 valence electrons. The average Bonchev–Trinajstić information content (AvgIpc) is 2.29. The standard InChI is InChI=1S/C13H27N3O/c1-3-5-12(14)13(17)15-7-9-16-8-4-6-11(2)10-16/h11-12H,3-10,14H2,1-2H3,(H,15,17).